The van der Waals surface area contributed by atoms with Crippen LogP contribution in [0.3, 0.4) is 0 Å². The van der Waals surface area contributed by atoms with Crippen molar-refractivity contribution in [3.8, 4) is 0 Å². The molecule has 1 aliphatic rings. The molecule has 2 heteroatoms. The summed E-state index contributed by atoms with van der Waals surface area (Å²) in [5.41, 5.74) is 2.95. The highest BCUT2D eigenvalue weighted by molar-refractivity contribution is 5.18. The lowest BCUT2D eigenvalue weighted by Crippen LogP contribution is -2.02. The van der Waals surface area contributed by atoms with Crippen molar-refractivity contribution in [3.63, 3.8) is 0 Å². The molecule has 1 aliphatic heterocycles. The monoisotopic (exact) mass is 164 g/mol. The Morgan fingerprint density at radius 1 is 1.42 bits per heavy atom. The molecule has 1 aromatic rings. The van der Waals surface area contributed by atoms with Crippen LogP contribution in [0.5, 0.6) is 0 Å². The second-order valence-corrected chi connectivity index (χ2v) is 3.50. The third-order valence-electron chi connectivity index (χ3n) is 2.70. The fraction of sp³-hybridized carbons (Fsp3) is 0.700. The van der Waals surface area contributed by atoms with E-state index in [1.54, 1.807) is 0 Å². The number of aryl methyl sites for hydroxylation is 2. The number of fused-ring (bicyclic) bond motifs is 1. The normalized spacial score (nSPS) is 17.1. The van der Waals surface area contributed by atoms with Gasteiger partial charge in [0.1, 0.15) is 0 Å². The molecule has 0 fully saturated rings. The molecule has 66 valence electrons. The molecule has 2 nitrogen and oxygen atoms in total. The fourth-order valence-electron chi connectivity index (χ4n) is 1.96. The average molecular weight is 164 g/mol. The van der Waals surface area contributed by atoms with Crippen LogP contribution in [0, 0.1) is 0 Å². The van der Waals surface area contributed by atoms with Crippen LogP contribution in [0.1, 0.15) is 37.4 Å². The van der Waals surface area contributed by atoms with Crippen LogP contribution in [0.15, 0.2) is 6.20 Å². The quantitative estimate of drug-likeness (QED) is 0.622. The molecule has 0 unspecified atom stereocenters. The summed E-state index contributed by atoms with van der Waals surface area (Å²) in [6.07, 6.45) is 8.43. The zero-order valence-electron chi connectivity index (χ0n) is 7.71. The van der Waals surface area contributed by atoms with Crippen LogP contribution in [0.25, 0.3) is 0 Å². The average Bonchev–Trinajstić information content (AvgIpc) is 2.33. The Morgan fingerprint density at radius 2 is 2.33 bits per heavy atom. The zero-order chi connectivity index (χ0) is 8.39. The summed E-state index contributed by atoms with van der Waals surface area (Å²) in [7, 11) is 0. The van der Waals surface area contributed by atoms with Crippen molar-refractivity contribution in [2.45, 2.75) is 45.6 Å². The predicted molar refractivity (Wildman–Crippen MR) is 49.2 cm³/mol. The molecule has 0 spiro atoms. The largest absolute Gasteiger partial charge is 0.269 e. The van der Waals surface area contributed by atoms with Gasteiger partial charge >= 0.3 is 0 Å². The van der Waals surface area contributed by atoms with E-state index >= 15 is 0 Å². The summed E-state index contributed by atoms with van der Waals surface area (Å²) in [4.78, 5) is 0. The first kappa shape index (κ1) is 7.84. The van der Waals surface area contributed by atoms with Gasteiger partial charge < -0.3 is 0 Å². The Kier molecular flexibility index (Phi) is 2.15. The van der Waals surface area contributed by atoms with Crippen molar-refractivity contribution < 1.29 is 0 Å². The molecule has 0 amide bonds. The summed E-state index contributed by atoms with van der Waals surface area (Å²) in [6.45, 7) is 3.35. The van der Waals surface area contributed by atoms with Crippen molar-refractivity contribution in [1.29, 1.82) is 0 Å². The molecule has 0 saturated heterocycles. The number of hydrogen-bond donors (Lipinski definition) is 0. The highest BCUT2D eigenvalue weighted by Crippen LogP contribution is 2.17. The zero-order valence-corrected chi connectivity index (χ0v) is 7.71. The highest BCUT2D eigenvalue weighted by Gasteiger charge is 2.11. The van der Waals surface area contributed by atoms with Crippen LogP contribution in [0.2, 0.25) is 0 Å². The van der Waals surface area contributed by atoms with E-state index in [0.717, 1.165) is 13.0 Å². The van der Waals surface area contributed by atoms with Gasteiger partial charge in [-0.25, -0.2) is 0 Å². The number of hydrogen-bond acceptors (Lipinski definition) is 1. The van der Waals surface area contributed by atoms with Crippen molar-refractivity contribution in [1.82, 2.24) is 9.78 Å². The summed E-state index contributed by atoms with van der Waals surface area (Å²) < 4.78 is 2.20. The Balaban J connectivity index is 2.32. The number of aromatic nitrogens is 2. The molecule has 1 aromatic heterocycles. The molecule has 2 rings (SSSR count). The minimum absolute atomic E-state index is 1.13. The van der Waals surface area contributed by atoms with E-state index in [-0.39, 0.29) is 0 Å². The van der Waals surface area contributed by atoms with E-state index in [1.165, 1.54) is 36.9 Å². The lowest BCUT2D eigenvalue weighted by atomic mass is 10.1. The summed E-state index contributed by atoms with van der Waals surface area (Å²) in [6, 6.07) is 0. The van der Waals surface area contributed by atoms with Crippen molar-refractivity contribution in [2.75, 3.05) is 0 Å². The van der Waals surface area contributed by atoms with Crippen LogP contribution >= 0.6 is 0 Å². The molecular weight excluding hydrogens is 148 g/mol. The van der Waals surface area contributed by atoms with Gasteiger partial charge in [0.2, 0.25) is 0 Å². The van der Waals surface area contributed by atoms with Gasteiger partial charge in [0.25, 0.3) is 0 Å². The topological polar surface area (TPSA) is 17.8 Å². The van der Waals surface area contributed by atoms with Gasteiger partial charge in [-0.15, -0.1) is 0 Å². The third-order valence-corrected chi connectivity index (χ3v) is 2.70. The molecule has 0 radical (unpaired) electrons. The molecule has 0 aromatic carbocycles. The Bertz CT molecular complexity index is 263. The first-order valence-electron chi connectivity index (χ1n) is 4.95. The van der Waals surface area contributed by atoms with Gasteiger partial charge in [0.05, 0.1) is 6.20 Å². The molecule has 0 N–H and O–H groups in total. The molecule has 12 heavy (non-hydrogen) atoms. The first-order valence-corrected chi connectivity index (χ1v) is 4.95. The van der Waals surface area contributed by atoms with Crippen molar-refractivity contribution in [2.24, 2.45) is 0 Å². The maximum atomic E-state index is 4.40. The molecule has 0 aliphatic carbocycles. The lowest BCUT2D eigenvalue weighted by molar-refractivity contribution is 0.576. The second kappa shape index (κ2) is 3.30. The molecule has 2 heterocycles. The van der Waals surface area contributed by atoms with Crippen LogP contribution in [-0.2, 0) is 19.4 Å². The van der Waals surface area contributed by atoms with Gasteiger partial charge in [0.15, 0.2) is 0 Å². The van der Waals surface area contributed by atoms with Crippen LogP contribution in [0.4, 0.5) is 0 Å². The number of rotatable bonds is 1. The van der Waals surface area contributed by atoms with Crippen LogP contribution in [-0.4, -0.2) is 9.78 Å². The second-order valence-electron chi connectivity index (χ2n) is 3.50. The maximum absolute atomic E-state index is 4.40. The standard InChI is InChI=1S/C10H16N2/c1-2-9-8-11-12-7-5-3-4-6-10(9)12/h8H,2-7H2,1H3. The smallest absolute Gasteiger partial charge is 0.0524 e. The van der Waals surface area contributed by atoms with Gasteiger partial charge in [-0.3, -0.25) is 4.68 Å². The Morgan fingerprint density at radius 3 is 3.17 bits per heavy atom. The third kappa shape index (κ3) is 1.26. The lowest BCUT2D eigenvalue weighted by Gasteiger charge is -2.02. The predicted octanol–water partition coefficient (Wildman–Crippen LogP) is 2.17. The van der Waals surface area contributed by atoms with Gasteiger partial charge in [-0.2, -0.15) is 5.10 Å². The SMILES string of the molecule is CCc1cnn2c1CCCCC2. The summed E-state index contributed by atoms with van der Waals surface area (Å²) in [5, 5.41) is 4.40. The van der Waals surface area contributed by atoms with E-state index in [0.29, 0.717) is 0 Å². The van der Waals surface area contributed by atoms with Gasteiger partial charge in [0, 0.05) is 12.2 Å². The number of nitrogens with zero attached hydrogens (tertiary/aromatic N) is 2. The molecule has 0 atom stereocenters. The molecular formula is C10H16N2. The van der Waals surface area contributed by atoms with E-state index < -0.39 is 0 Å². The minimum Gasteiger partial charge on any atom is -0.269 e. The molecule has 0 bridgehead atoms. The van der Waals surface area contributed by atoms with E-state index in [1.807, 2.05) is 6.20 Å². The van der Waals surface area contributed by atoms with Gasteiger partial charge in [-0.05, 0) is 31.2 Å². The first-order chi connectivity index (χ1) is 5.92. The van der Waals surface area contributed by atoms with E-state index in [9.17, 15) is 0 Å². The van der Waals surface area contributed by atoms with E-state index in [4.69, 9.17) is 0 Å². The Hall–Kier alpha value is -0.790. The van der Waals surface area contributed by atoms with Gasteiger partial charge in [-0.1, -0.05) is 13.3 Å². The molecule has 0 saturated carbocycles. The minimum atomic E-state index is 1.13. The van der Waals surface area contributed by atoms with E-state index in [2.05, 4.69) is 16.7 Å². The van der Waals surface area contributed by atoms with Crippen LogP contribution < -0.4 is 0 Å². The van der Waals surface area contributed by atoms with Crippen molar-refractivity contribution >= 4 is 0 Å². The fourth-order valence-corrected chi connectivity index (χ4v) is 1.96. The summed E-state index contributed by atoms with van der Waals surface area (Å²) >= 11 is 0. The Labute approximate surface area is 73.6 Å². The highest BCUT2D eigenvalue weighted by atomic mass is 15.3. The summed E-state index contributed by atoms with van der Waals surface area (Å²) in [5.74, 6) is 0. The van der Waals surface area contributed by atoms with Crippen molar-refractivity contribution in [3.05, 3.63) is 17.5 Å². The maximum Gasteiger partial charge on any atom is 0.0524 e.